The van der Waals surface area contributed by atoms with Crippen molar-refractivity contribution in [2.24, 2.45) is 11.8 Å². The third kappa shape index (κ3) is 5.73. The molecule has 2 aliphatic heterocycles. The van der Waals surface area contributed by atoms with Crippen LogP contribution in [-0.4, -0.2) is 82.8 Å². The minimum Gasteiger partial charge on any atom is -0.354 e. The zero-order chi connectivity index (χ0) is 22.6. The molecular formula is C25H37N7O. The zero-order valence-electron chi connectivity index (χ0n) is 19.8. The minimum absolute atomic E-state index is 0.0735. The molecule has 2 atom stereocenters. The van der Waals surface area contributed by atoms with Crippen LogP contribution in [0.2, 0.25) is 0 Å². The molecule has 0 bridgehead atoms. The van der Waals surface area contributed by atoms with Crippen molar-refractivity contribution in [2.45, 2.75) is 38.6 Å². The fourth-order valence-corrected chi connectivity index (χ4v) is 5.41. The SMILES string of the molecule is CC(C1CC1)n1nccc1NC(=O)CN1CCCC(CN2CCN(c3ccccn3)CC2)C1. The van der Waals surface area contributed by atoms with Crippen molar-refractivity contribution in [2.75, 3.05) is 62.6 Å². The molecular weight excluding hydrogens is 414 g/mol. The summed E-state index contributed by atoms with van der Waals surface area (Å²) in [7, 11) is 0. The number of amides is 1. The fourth-order valence-electron chi connectivity index (χ4n) is 5.41. The third-order valence-corrected chi connectivity index (χ3v) is 7.46. The molecule has 2 saturated heterocycles. The maximum atomic E-state index is 12.8. The van der Waals surface area contributed by atoms with Crippen LogP contribution in [0.4, 0.5) is 11.6 Å². The molecule has 1 amide bonds. The van der Waals surface area contributed by atoms with Crippen LogP contribution in [0.3, 0.4) is 0 Å². The first-order chi connectivity index (χ1) is 16.2. The highest BCUT2D eigenvalue weighted by molar-refractivity contribution is 5.91. The quantitative estimate of drug-likeness (QED) is 0.666. The number of aromatic nitrogens is 3. The molecule has 1 aliphatic carbocycles. The molecule has 2 aromatic rings. The Balaban J connectivity index is 1.07. The minimum atomic E-state index is 0.0735. The largest absolute Gasteiger partial charge is 0.354 e. The van der Waals surface area contributed by atoms with E-state index in [0.717, 1.165) is 57.4 Å². The number of nitrogens with zero attached hydrogens (tertiary/aromatic N) is 6. The molecule has 33 heavy (non-hydrogen) atoms. The highest BCUT2D eigenvalue weighted by atomic mass is 16.2. The number of rotatable bonds is 8. The van der Waals surface area contributed by atoms with E-state index in [2.05, 4.69) is 49.2 Å². The molecule has 5 rings (SSSR count). The molecule has 2 unspecified atom stereocenters. The molecule has 0 radical (unpaired) electrons. The number of hydrogen-bond donors (Lipinski definition) is 1. The molecule has 1 saturated carbocycles. The van der Waals surface area contributed by atoms with Crippen molar-refractivity contribution in [3.63, 3.8) is 0 Å². The van der Waals surface area contributed by atoms with E-state index in [0.29, 0.717) is 24.4 Å². The van der Waals surface area contributed by atoms with Crippen LogP contribution in [-0.2, 0) is 4.79 Å². The average Bonchev–Trinajstić information content (AvgIpc) is 3.59. The standard InChI is InChI=1S/C25H37N7O/c1-20(22-7-8-22)32-24(9-11-27-32)28-25(33)19-30-12-4-5-21(18-30)17-29-13-15-31(16-14-29)23-6-2-3-10-26-23/h2-3,6,9-11,20-22H,4-5,7-8,12-19H2,1H3,(H,28,33). The summed E-state index contributed by atoms with van der Waals surface area (Å²) in [5.74, 6) is 3.32. The van der Waals surface area contributed by atoms with E-state index >= 15 is 0 Å². The highest BCUT2D eigenvalue weighted by Crippen LogP contribution is 2.40. The average molecular weight is 452 g/mol. The van der Waals surface area contributed by atoms with Gasteiger partial charge in [0.05, 0.1) is 18.8 Å². The molecule has 3 aliphatic rings. The lowest BCUT2D eigenvalue weighted by atomic mass is 9.97. The van der Waals surface area contributed by atoms with Gasteiger partial charge in [0.2, 0.25) is 5.91 Å². The Morgan fingerprint density at radius 2 is 1.91 bits per heavy atom. The summed E-state index contributed by atoms with van der Waals surface area (Å²) in [6, 6.07) is 8.40. The number of nitrogens with one attached hydrogen (secondary N) is 1. The Bertz CT molecular complexity index is 904. The predicted molar refractivity (Wildman–Crippen MR) is 130 cm³/mol. The van der Waals surface area contributed by atoms with Crippen LogP contribution in [0, 0.1) is 11.8 Å². The number of anilines is 2. The van der Waals surface area contributed by atoms with Crippen molar-refractivity contribution < 1.29 is 4.79 Å². The normalized spacial score (nSPS) is 23.4. The topological polar surface area (TPSA) is 69.5 Å². The number of piperidine rings is 1. The van der Waals surface area contributed by atoms with Gasteiger partial charge >= 0.3 is 0 Å². The Morgan fingerprint density at radius 1 is 1.06 bits per heavy atom. The van der Waals surface area contributed by atoms with E-state index in [1.807, 2.05) is 23.0 Å². The molecule has 2 aromatic heterocycles. The van der Waals surface area contributed by atoms with Crippen LogP contribution < -0.4 is 10.2 Å². The summed E-state index contributed by atoms with van der Waals surface area (Å²) >= 11 is 0. The van der Waals surface area contributed by atoms with Crippen molar-refractivity contribution >= 4 is 17.5 Å². The van der Waals surface area contributed by atoms with Gasteiger partial charge in [0.25, 0.3) is 0 Å². The summed E-state index contributed by atoms with van der Waals surface area (Å²) in [6.07, 6.45) is 8.62. The van der Waals surface area contributed by atoms with Gasteiger partial charge in [-0.25, -0.2) is 9.67 Å². The Kier molecular flexibility index (Phi) is 6.92. The number of piperazine rings is 1. The molecule has 1 N–H and O–H groups in total. The summed E-state index contributed by atoms with van der Waals surface area (Å²) in [5.41, 5.74) is 0. The first kappa shape index (κ1) is 22.3. The van der Waals surface area contributed by atoms with Crippen molar-refractivity contribution in [3.8, 4) is 0 Å². The van der Waals surface area contributed by atoms with Crippen LogP contribution in [0.25, 0.3) is 0 Å². The molecule has 178 valence electrons. The van der Waals surface area contributed by atoms with Gasteiger partial charge in [0.15, 0.2) is 0 Å². The third-order valence-electron chi connectivity index (χ3n) is 7.46. The highest BCUT2D eigenvalue weighted by Gasteiger charge is 2.31. The van der Waals surface area contributed by atoms with Gasteiger partial charge in [-0.05, 0) is 63.1 Å². The fraction of sp³-hybridized carbons (Fsp3) is 0.640. The second kappa shape index (κ2) is 10.2. The van der Waals surface area contributed by atoms with Gasteiger partial charge in [0.1, 0.15) is 11.6 Å². The van der Waals surface area contributed by atoms with E-state index in [9.17, 15) is 4.79 Å². The van der Waals surface area contributed by atoms with Crippen LogP contribution in [0.15, 0.2) is 36.7 Å². The van der Waals surface area contributed by atoms with Crippen molar-refractivity contribution in [1.29, 1.82) is 0 Å². The van der Waals surface area contributed by atoms with E-state index in [1.54, 1.807) is 6.20 Å². The maximum absolute atomic E-state index is 12.8. The summed E-state index contributed by atoms with van der Waals surface area (Å²) in [4.78, 5) is 24.6. The Morgan fingerprint density at radius 3 is 2.67 bits per heavy atom. The smallest absolute Gasteiger partial charge is 0.239 e. The molecule has 4 heterocycles. The monoisotopic (exact) mass is 451 g/mol. The number of carbonyl (C=O) groups excluding carboxylic acids is 1. The second-order valence-electron chi connectivity index (χ2n) is 10.0. The van der Waals surface area contributed by atoms with Crippen molar-refractivity contribution in [3.05, 3.63) is 36.7 Å². The Labute approximate surface area is 196 Å². The van der Waals surface area contributed by atoms with Gasteiger partial charge in [-0.1, -0.05) is 6.07 Å². The van der Waals surface area contributed by atoms with Crippen LogP contribution in [0.5, 0.6) is 0 Å². The van der Waals surface area contributed by atoms with E-state index in [-0.39, 0.29) is 5.91 Å². The van der Waals surface area contributed by atoms with Gasteiger partial charge in [-0.15, -0.1) is 0 Å². The number of likely N-dealkylation sites (tertiary alicyclic amines) is 1. The molecule has 8 heteroatoms. The molecule has 8 nitrogen and oxygen atoms in total. The lowest BCUT2D eigenvalue weighted by Crippen LogP contribution is -2.50. The number of hydrogen-bond acceptors (Lipinski definition) is 6. The van der Waals surface area contributed by atoms with Crippen molar-refractivity contribution in [1.82, 2.24) is 24.6 Å². The van der Waals surface area contributed by atoms with Gasteiger partial charge < -0.3 is 10.2 Å². The first-order valence-corrected chi connectivity index (χ1v) is 12.6. The van der Waals surface area contributed by atoms with Crippen LogP contribution in [0.1, 0.15) is 38.6 Å². The van der Waals surface area contributed by atoms with Gasteiger partial charge in [0, 0.05) is 51.5 Å². The first-order valence-electron chi connectivity index (χ1n) is 12.6. The Hall–Kier alpha value is -2.45. The number of pyridine rings is 1. The zero-order valence-corrected chi connectivity index (χ0v) is 19.8. The van der Waals surface area contributed by atoms with E-state index in [4.69, 9.17) is 0 Å². The summed E-state index contributed by atoms with van der Waals surface area (Å²) < 4.78 is 1.99. The maximum Gasteiger partial charge on any atom is 0.239 e. The van der Waals surface area contributed by atoms with E-state index < -0.39 is 0 Å². The predicted octanol–water partition coefficient (Wildman–Crippen LogP) is 2.72. The second-order valence-corrected chi connectivity index (χ2v) is 10.0. The number of carbonyl (C=O) groups is 1. The van der Waals surface area contributed by atoms with Crippen LogP contribution >= 0.6 is 0 Å². The lowest BCUT2D eigenvalue weighted by Gasteiger charge is -2.39. The summed E-state index contributed by atoms with van der Waals surface area (Å²) in [6.45, 7) is 10.0. The molecule has 0 aromatic carbocycles. The van der Waals surface area contributed by atoms with Gasteiger partial charge in [-0.2, -0.15) is 5.10 Å². The molecule has 0 spiro atoms. The summed E-state index contributed by atoms with van der Waals surface area (Å²) in [5, 5.41) is 7.57. The van der Waals surface area contributed by atoms with Gasteiger partial charge in [-0.3, -0.25) is 14.6 Å². The lowest BCUT2D eigenvalue weighted by molar-refractivity contribution is -0.117. The van der Waals surface area contributed by atoms with E-state index in [1.165, 1.54) is 25.7 Å². The molecule has 3 fully saturated rings.